The first kappa shape index (κ1) is 22.9. The Labute approximate surface area is 198 Å². The van der Waals surface area contributed by atoms with Crippen LogP contribution in [-0.2, 0) is 22.6 Å². The largest absolute Gasteiger partial charge is 0.461 e. The number of hydrogen-bond donors (Lipinski definition) is 0. The molecule has 0 radical (unpaired) electrons. The minimum atomic E-state index is -0.297. The number of rotatable bonds is 9. The van der Waals surface area contributed by atoms with E-state index in [9.17, 15) is 14.4 Å². The summed E-state index contributed by atoms with van der Waals surface area (Å²) < 4.78 is 5.38. The molecule has 168 valence electrons. The number of carbonyl (C=O) groups excluding carboxylic acids is 3. The molecule has 0 amide bonds. The van der Waals surface area contributed by atoms with Gasteiger partial charge in [0.2, 0.25) is 0 Å². The summed E-state index contributed by atoms with van der Waals surface area (Å²) in [6, 6.07) is 32.6. The van der Waals surface area contributed by atoms with Crippen LogP contribution in [0.4, 0.5) is 0 Å². The Bertz CT molecular complexity index is 1160. The van der Waals surface area contributed by atoms with Crippen molar-refractivity contribution in [1.82, 2.24) is 0 Å². The summed E-state index contributed by atoms with van der Waals surface area (Å²) in [6.07, 6.45) is 0.777. The van der Waals surface area contributed by atoms with Gasteiger partial charge in [-0.3, -0.25) is 14.4 Å². The molecule has 0 saturated heterocycles. The predicted molar refractivity (Wildman–Crippen MR) is 131 cm³/mol. The van der Waals surface area contributed by atoms with Crippen LogP contribution in [-0.4, -0.2) is 17.5 Å². The zero-order valence-electron chi connectivity index (χ0n) is 18.6. The Morgan fingerprint density at radius 3 is 1.38 bits per heavy atom. The minimum absolute atomic E-state index is 0.0250. The number of benzene rings is 4. The summed E-state index contributed by atoms with van der Waals surface area (Å²) >= 11 is 0. The van der Waals surface area contributed by atoms with E-state index in [0.717, 1.165) is 11.1 Å². The van der Waals surface area contributed by atoms with Crippen LogP contribution >= 0.6 is 0 Å². The monoisotopic (exact) mass is 448 g/mol. The van der Waals surface area contributed by atoms with Crippen molar-refractivity contribution in [2.75, 3.05) is 0 Å². The fourth-order valence-corrected chi connectivity index (χ4v) is 3.57. The van der Waals surface area contributed by atoms with E-state index in [4.69, 9.17) is 4.74 Å². The fraction of sp³-hybridized carbons (Fsp3) is 0.100. The highest BCUT2D eigenvalue weighted by Crippen LogP contribution is 2.14. The van der Waals surface area contributed by atoms with Crippen molar-refractivity contribution in [3.8, 4) is 0 Å². The molecule has 0 aromatic heterocycles. The van der Waals surface area contributed by atoms with Gasteiger partial charge in [0, 0.05) is 28.7 Å². The van der Waals surface area contributed by atoms with Gasteiger partial charge in [-0.25, -0.2) is 0 Å². The first-order chi connectivity index (χ1) is 16.6. The molecule has 0 heterocycles. The molecular formula is C30H24O4. The van der Waals surface area contributed by atoms with E-state index < -0.39 is 0 Å². The van der Waals surface area contributed by atoms with Crippen LogP contribution in [0.5, 0.6) is 0 Å². The first-order valence-electron chi connectivity index (χ1n) is 11.1. The molecule has 0 aliphatic rings. The third-order valence-corrected chi connectivity index (χ3v) is 5.52. The van der Waals surface area contributed by atoms with Crippen LogP contribution in [0, 0.1) is 0 Å². The molecule has 0 aliphatic heterocycles. The molecule has 0 fully saturated rings. The Morgan fingerprint density at radius 1 is 0.500 bits per heavy atom. The number of aryl methyl sites for hydroxylation is 1. The summed E-state index contributed by atoms with van der Waals surface area (Å²) in [4.78, 5) is 37.1. The molecule has 4 aromatic carbocycles. The van der Waals surface area contributed by atoms with E-state index in [1.807, 2.05) is 48.5 Å². The molecule has 0 saturated carbocycles. The van der Waals surface area contributed by atoms with Gasteiger partial charge < -0.3 is 4.74 Å². The first-order valence-corrected chi connectivity index (χ1v) is 11.1. The molecule has 34 heavy (non-hydrogen) atoms. The van der Waals surface area contributed by atoms with Crippen molar-refractivity contribution in [2.45, 2.75) is 19.4 Å². The van der Waals surface area contributed by atoms with Gasteiger partial charge in [-0.2, -0.15) is 0 Å². The third kappa shape index (κ3) is 5.93. The molecule has 0 bridgehead atoms. The summed E-state index contributed by atoms with van der Waals surface area (Å²) in [6.45, 7) is 0.156. The smallest absolute Gasteiger partial charge is 0.306 e. The maximum Gasteiger partial charge on any atom is 0.306 e. The van der Waals surface area contributed by atoms with Gasteiger partial charge >= 0.3 is 5.97 Å². The van der Waals surface area contributed by atoms with Crippen LogP contribution in [0.15, 0.2) is 109 Å². The lowest BCUT2D eigenvalue weighted by Gasteiger charge is -2.07. The van der Waals surface area contributed by atoms with Gasteiger partial charge in [0.05, 0.1) is 0 Å². The average molecular weight is 449 g/mol. The van der Waals surface area contributed by atoms with Crippen LogP contribution in [0.25, 0.3) is 0 Å². The van der Waals surface area contributed by atoms with Crippen LogP contribution in [0.2, 0.25) is 0 Å². The molecule has 4 nitrogen and oxygen atoms in total. The third-order valence-electron chi connectivity index (χ3n) is 5.52. The quantitative estimate of drug-likeness (QED) is 0.239. The van der Waals surface area contributed by atoms with Crippen LogP contribution in [0.3, 0.4) is 0 Å². The van der Waals surface area contributed by atoms with E-state index in [0.29, 0.717) is 28.7 Å². The summed E-state index contributed by atoms with van der Waals surface area (Å²) in [5.41, 5.74) is 4.28. The topological polar surface area (TPSA) is 60.4 Å². The molecule has 4 rings (SSSR count). The fourth-order valence-electron chi connectivity index (χ4n) is 3.57. The summed E-state index contributed by atoms with van der Waals surface area (Å²) in [5.74, 6) is -0.363. The zero-order valence-corrected chi connectivity index (χ0v) is 18.6. The molecule has 4 aromatic rings. The van der Waals surface area contributed by atoms with Crippen molar-refractivity contribution in [3.05, 3.63) is 143 Å². The van der Waals surface area contributed by atoms with E-state index in [1.54, 1.807) is 60.7 Å². The number of carbonyl (C=O) groups is 3. The molecule has 4 heteroatoms. The lowest BCUT2D eigenvalue weighted by Crippen LogP contribution is -2.07. The van der Waals surface area contributed by atoms with E-state index in [2.05, 4.69) is 0 Å². The molecule has 0 atom stereocenters. The highest BCUT2D eigenvalue weighted by atomic mass is 16.5. The molecule has 0 aliphatic carbocycles. The van der Waals surface area contributed by atoms with Crippen molar-refractivity contribution < 1.29 is 19.1 Å². The maximum atomic E-state index is 12.5. The van der Waals surface area contributed by atoms with Crippen molar-refractivity contribution >= 4 is 17.5 Å². The van der Waals surface area contributed by atoms with Gasteiger partial charge in [-0.05, 0) is 17.5 Å². The van der Waals surface area contributed by atoms with Gasteiger partial charge in [0.25, 0.3) is 0 Å². The zero-order chi connectivity index (χ0) is 23.8. The van der Waals surface area contributed by atoms with Gasteiger partial charge in [0.15, 0.2) is 11.6 Å². The Morgan fingerprint density at radius 2 is 0.912 bits per heavy atom. The Hall–Kier alpha value is -4.31. The highest BCUT2D eigenvalue weighted by molar-refractivity contribution is 6.09. The van der Waals surface area contributed by atoms with Gasteiger partial charge in [0.1, 0.15) is 6.61 Å². The normalized spacial score (nSPS) is 10.5. The Kier molecular flexibility index (Phi) is 7.41. The van der Waals surface area contributed by atoms with Gasteiger partial charge in [-0.1, -0.05) is 109 Å². The van der Waals surface area contributed by atoms with E-state index in [1.165, 1.54) is 0 Å². The van der Waals surface area contributed by atoms with Crippen LogP contribution in [0.1, 0.15) is 49.4 Å². The van der Waals surface area contributed by atoms with E-state index in [-0.39, 0.29) is 30.6 Å². The van der Waals surface area contributed by atoms with E-state index >= 15 is 0 Å². The number of hydrogen-bond acceptors (Lipinski definition) is 4. The second-order valence-electron chi connectivity index (χ2n) is 7.94. The maximum absolute atomic E-state index is 12.5. The average Bonchev–Trinajstić information content (AvgIpc) is 2.91. The lowest BCUT2D eigenvalue weighted by atomic mass is 10.0. The molecule has 0 N–H and O–H groups in total. The SMILES string of the molecule is O=C(CCc1ccc(C(=O)c2ccccc2)cc1)OCc1ccc(C(=O)c2ccccc2)cc1. The summed E-state index contributed by atoms with van der Waals surface area (Å²) in [5, 5.41) is 0. The highest BCUT2D eigenvalue weighted by Gasteiger charge is 2.11. The number of ketones is 2. The standard InChI is InChI=1S/C30H24O4/c31-28(20-15-22-11-16-26(17-12-22)29(32)24-7-3-1-4-8-24)34-21-23-13-18-27(19-14-23)30(33)25-9-5-2-6-10-25/h1-14,16-19H,15,20-21H2. The van der Waals surface area contributed by atoms with Crippen molar-refractivity contribution in [1.29, 1.82) is 0 Å². The summed E-state index contributed by atoms with van der Waals surface area (Å²) in [7, 11) is 0. The minimum Gasteiger partial charge on any atom is -0.461 e. The molecule has 0 spiro atoms. The second kappa shape index (κ2) is 11.0. The number of ether oxygens (including phenoxy) is 1. The molecular weight excluding hydrogens is 424 g/mol. The Balaban J connectivity index is 1.24. The lowest BCUT2D eigenvalue weighted by molar-refractivity contribution is -0.144. The van der Waals surface area contributed by atoms with Gasteiger partial charge in [-0.15, -0.1) is 0 Å². The second-order valence-corrected chi connectivity index (χ2v) is 7.94. The van der Waals surface area contributed by atoms with Crippen molar-refractivity contribution in [3.63, 3.8) is 0 Å². The predicted octanol–water partition coefficient (Wildman–Crippen LogP) is 5.82. The molecule has 0 unspecified atom stereocenters. The van der Waals surface area contributed by atoms with Crippen LogP contribution < -0.4 is 0 Å². The van der Waals surface area contributed by atoms with Crippen molar-refractivity contribution in [2.24, 2.45) is 0 Å². The number of esters is 1.